The number of hydrogen-bond donors (Lipinski definition) is 0. The van der Waals surface area contributed by atoms with E-state index in [0.717, 1.165) is 6.04 Å². The Hall–Kier alpha value is -0.240. The number of nitrogens with zero attached hydrogens (tertiary/aromatic N) is 1. The molecule has 0 radical (unpaired) electrons. The average molecular weight is 200 g/mol. The molecule has 0 bridgehead atoms. The van der Waals surface area contributed by atoms with Gasteiger partial charge in [0.15, 0.2) is 0 Å². The van der Waals surface area contributed by atoms with Gasteiger partial charge in [-0.05, 0) is 41.3 Å². The van der Waals surface area contributed by atoms with Crippen molar-refractivity contribution in [3.63, 3.8) is 0 Å². The summed E-state index contributed by atoms with van der Waals surface area (Å²) in [4.78, 5) is 0. The molecule has 1 nitrogen and oxygen atoms in total. The predicted octanol–water partition coefficient (Wildman–Crippen LogP) is 2.98. The monoisotopic (exact) mass is 199 g/mol. The average Bonchev–Trinajstić information content (AvgIpc) is 2.10. The third-order valence-corrected chi connectivity index (χ3v) is 2.64. The summed E-state index contributed by atoms with van der Waals surface area (Å²) in [5.41, 5.74) is 0. The fraction of sp³-hybridized carbons (Fsp3) is 0.500. The molecular weight excluding hydrogens is 190 g/mol. The van der Waals surface area contributed by atoms with Crippen LogP contribution in [0.3, 0.4) is 0 Å². The minimum Gasteiger partial charge on any atom is -0.350 e. The van der Waals surface area contributed by atoms with Crippen molar-refractivity contribution >= 4 is 15.9 Å². The number of hydrogen-bond acceptors (Lipinski definition) is 0. The van der Waals surface area contributed by atoms with E-state index >= 15 is 0 Å². The summed E-state index contributed by atoms with van der Waals surface area (Å²) in [6, 6.07) is 2.89. The maximum atomic E-state index is 3.43. The molecular formula is C8H10BrN. The summed E-state index contributed by atoms with van der Waals surface area (Å²) in [5, 5.41) is 0. The van der Waals surface area contributed by atoms with Gasteiger partial charge < -0.3 is 4.57 Å². The Morgan fingerprint density at radius 1 is 1.50 bits per heavy atom. The van der Waals surface area contributed by atoms with Crippen molar-refractivity contribution in [3.8, 4) is 0 Å². The van der Waals surface area contributed by atoms with Gasteiger partial charge in [0.25, 0.3) is 0 Å². The lowest BCUT2D eigenvalue weighted by Gasteiger charge is -2.26. The highest BCUT2D eigenvalue weighted by Crippen LogP contribution is 2.32. The molecule has 1 aromatic heterocycles. The lowest BCUT2D eigenvalue weighted by atomic mass is 9.93. The van der Waals surface area contributed by atoms with E-state index in [2.05, 4.69) is 39.0 Å². The van der Waals surface area contributed by atoms with Crippen LogP contribution >= 0.6 is 15.9 Å². The summed E-state index contributed by atoms with van der Waals surface area (Å²) in [6.45, 7) is 0. The van der Waals surface area contributed by atoms with Gasteiger partial charge in [-0.1, -0.05) is 0 Å². The van der Waals surface area contributed by atoms with Crippen molar-refractivity contribution in [2.24, 2.45) is 0 Å². The van der Waals surface area contributed by atoms with E-state index in [-0.39, 0.29) is 0 Å². The van der Waals surface area contributed by atoms with Crippen LogP contribution in [0.5, 0.6) is 0 Å². The molecule has 0 atom stereocenters. The Kier molecular flexibility index (Phi) is 1.57. The van der Waals surface area contributed by atoms with Gasteiger partial charge in [0, 0.05) is 22.9 Å². The molecule has 0 N–H and O–H groups in total. The minimum absolute atomic E-state index is 0.797. The van der Waals surface area contributed by atoms with Crippen LogP contribution in [0, 0.1) is 0 Å². The zero-order chi connectivity index (χ0) is 6.97. The van der Waals surface area contributed by atoms with E-state index in [1.54, 1.807) is 0 Å². The number of halogens is 1. The first-order valence-electron chi connectivity index (χ1n) is 3.69. The molecule has 1 aromatic rings. The van der Waals surface area contributed by atoms with Gasteiger partial charge in [-0.3, -0.25) is 0 Å². The Balaban J connectivity index is 2.17. The summed E-state index contributed by atoms with van der Waals surface area (Å²) < 4.78 is 3.49. The van der Waals surface area contributed by atoms with E-state index in [4.69, 9.17) is 0 Å². The molecule has 0 unspecified atom stereocenters. The third kappa shape index (κ3) is 1.01. The molecule has 0 aromatic carbocycles. The van der Waals surface area contributed by atoms with Crippen LogP contribution in [0.1, 0.15) is 25.3 Å². The van der Waals surface area contributed by atoms with Gasteiger partial charge in [0.05, 0.1) is 0 Å². The normalized spacial score (nSPS) is 18.9. The van der Waals surface area contributed by atoms with Gasteiger partial charge >= 0.3 is 0 Å². The van der Waals surface area contributed by atoms with Crippen LogP contribution in [0.25, 0.3) is 0 Å². The van der Waals surface area contributed by atoms with Crippen molar-refractivity contribution in [2.75, 3.05) is 0 Å². The molecule has 0 amide bonds. The molecule has 0 spiro atoms. The van der Waals surface area contributed by atoms with Crippen LogP contribution < -0.4 is 0 Å². The molecule has 2 rings (SSSR count). The smallest absolute Gasteiger partial charge is 0.0352 e. The highest BCUT2D eigenvalue weighted by molar-refractivity contribution is 9.10. The van der Waals surface area contributed by atoms with Crippen molar-refractivity contribution < 1.29 is 0 Å². The van der Waals surface area contributed by atoms with E-state index in [9.17, 15) is 0 Å². The standard InChI is InChI=1S/C8H10BrN/c9-7-4-5-10(6-7)8-2-1-3-8/h4-6,8H,1-3H2. The third-order valence-electron chi connectivity index (χ3n) is 2.17. The van der Waals surface area contributed by atoms with Crippen LogP contribution in [-0.4, -0.2) is 4.57 Å². The molecule has 10 heavy (non-hydrogen) atoms. The SMILES string of the molecule is Brc1ccn(C2CCC2)c1. The predicted molar refractivity (Wildman–Crippen MR) is 45.0 cm³/mol. The van der Waals surface area contributed by atoms with E-state index in [1.165, 1.54) is 23.7 Å². The molecule has 1 fully saturated rings. The molecule has 0 aliphatic heterocycles. The Labute approximate surface area is 69.2 Å². The van der Waals surface area contributed by atoms with Crippen molar-refractivity contribution in [1.82, 2.24) is 4.57 Å². The number of rotatable bonds is 1. The maximum absolute atomic E-state index is 3.43. The second-order valence-electron chi connectivity index (χ2n) is 2.86. The second-order valence-corrected chi connectivity index (χ2v) is 3.78. The Bertz CT molecular complexity index is 225. The van der Waals surface area contributed by atoms with E-state index < -0.39 is 0 Å². The largest absolute Gasteiger partial charge is 0.350 e. The minimum atomic E-state index is 0.797. The topological polar surface area (TPSA) is 4.93 Å². The highest BCUT2D eigenvalue weighted by Gasteiger charge is 2.18. The van der Waals surface area contributed by atoms with Crippen LogP contribution in [-0.2, 0) is 0 Å². The molecule has 54 valence electrons. The van der Waals surface area contributed by atoms with E-state index in [1.807, 2.05) is 0 Å². The zero-order valence-electron chi connectivity index (χ0n) is 5.76. The van der Waals surface area contributed by atoms with Gasteiger partial charge in [-0.15, -0.1) is 0 Å². The van der Waals surface area contributed by atoms with E-state index in [0.29, 0.717) is 0 Å². The van der Waals surface area contributed by atoms with Crippen molar-refractivity contribution in [3.05, 3.63) is 22.9 Å². The number of aromatic nitrogens is 1. The molecule has 0 saturated heterocycles. The lowest BCUT2D eigenvalue weighted by molar-refractivity contribution is 0.314. The first-order valence-corrected chi connectivity index (χ1v) is 4.48. The highest BCUT2D eigenvalue weighted by atomic mass is 79.9. The van der Waals surface area contributed by atoms with Gasteiger partial charge in [-0.2, -0.15) is 0 Å². The molecule has 1 aliphatic rings. The summed E-state index contributed by atoms with van der Waals surface area (Å²) >= 11 is 3.43. The lowest BCUT2D eigenvalue weighted by Crippen LogP contribution is -2.14. The Morgan fingerprint density at radius 2 is 2.30 bits per heavy atom. The molecule has 1 heterocycles. The summed E-state index contributed by atoms with van der Waals surface area (Å²) in [6.07, 6.45) is 8.43. The summed E-state index contributed by atoms with van der Waals surface area (Å²) in [7, 11) is 0. The van der Waals surface area contributed by atoms with Gasteiger partial charge in [0.2, 0.25) is 0 Å². The fourth-order valence-corrected chi connectivity index (χ4v) is 1.65. The molecule has 1 aliphatic carbocycles. The fourth-order valence-electron chi connectivity index (χ4n) is 1.30. The van der Waals surface area contributed by atoms with Gasteiger partial charge in [0.1, 0.15) is 0 Å². The van der Waals surface area contributed by atoms with Crippen LogP contribution in [0.2, 0.25) is 0 Å². The summed E-state index contributed by atoms with van der Waals surface area (Å²) in [5.74, 6) is 0. The van der Waals surface area contributed by atoms with Crippen molar-refractivity contribution in [1.29, 1.82) is 0 Å². The van der Waals surface area contributed by atoms with Crippen LogP contribution in [0.15, 0.2) is 22.9 Å². The molecule has 1 saturated carbocycles. The molecule has 2 heteroatoms. The van der Waals surface area contributed by atoms with Gasteiger partial charge in [-0.25, -0.2) is 0 Å². The maximum Gasteiger partial charge on any atom is 0.0352 e. The zero-order valence-corrected chi connectivity index (χ0v) is 7.34. The Morgan fingerprint density at radius 3 is 2.70 bits per heavy atom. The van der Waals surface area contributed by atoms with Crippen molar-refractivity contribution in [2.45, 2.75) is 25.3 Å². The quantitative estimate of drug-likeness (QED) is 0.656. The first-order chi connectivity index (χ1) is 4.86. The second kappa shape index (κ2) is 2.42. The first kappa shape index (κ1) is 6.47. The van der Waals surface area contributed by atoms with Crippen LogP contribution in [0.4, 0.5) is 0 Å².